The largest absolute Gasteiger partial charge is 0.378 e. The molecule has 0 aromatic heterocycles. The zero-order valence-electron chi connectivity index (χ0n) is 17.6. The number of nitrogens with zero attached hydrogens (tertiary/aromatic N) is 3. The van der Waals surface area contributed by atoms with Gasteiger partial charge in [0, 0.05) is 49.2 Å². The molecule has 30 heavy (non-hydrogen) atoms. The molecule has 1 amide bonds. The first kappa shape index (κ1) is 21.6. The lowest BCUT2D eigenvalue weighted by molar-refractivity contribution is -0.384. The Morgan fingerprint density at radius 2 is 1.87 bits per heavy atom. The van der Waals surface area contributed by atoms with Crippen LogP contribution in [0.15, 0.2) is 42.5 Å². The zero-order valence-corrected chi connectivity index (χ0v) is 17.6. The van der Waals surface area contributed by atoms with E-state index in [9.17, 15) is 14.9 Å². The maximum atomic E-state index is 13.0. The maximum Gasteiger partial charge on any atom is 0.270 e. The smallest absolute Gasteiger partial charge is 0.270 e. The predicted molar refractivity (Wildman–Crippen MR) is 119 cm³/mol. The van der Waals surface area contributed by atoms with Gasteiger partial charge in [-0.15, -0.1) is 0 Å². The summed E-state index contributed by atoms with van der Waals surface area (Å²) in [7, 11) is 0. The van der Waals surface area contributed by atoms with Gasteiger partial charge in [0.15, 0.2) is 0 Å². The van der Waals surface area contributed by atoms with Crippen LogP contribution in [-0.2, 0) is 4.74 Å². The van der Waals surface area contributed by atoms with Crippen LogP contribution >= 0.6 is 0 Å². The average molecular weight is 412 g/mol. The van der Waals surface area contributed by atoms with Gasteiger partial charge in [0.25, 0.3) is 11.6 Å². The normalized spacial score (nSPS) is 13.9. The number of nitro groups is 1. The van der Waals surface area contributed by atoms with Crippen LogP contribution in [0.5, 0.6) is 0 Å². The zero-order chi connectivity index (χ0) is 21.7. The maximum absolute atomic E-state index is 13.0. The minimum atomic E-state index is -0.486. The Labute approximate surface area is 176 Å². The van der Waals surface area contributed by atoms with Gasteiger partial charge in [-0.25, -0.2) is 0 Å². The first-order valence-corrected chi connectivity index (χ1v) is 10.2. The molecule has 2 aromatic rings. The van der Waals surface area contributed by atoms with E-state index < -0.39 is 4.92 Å². The van der Waals surface area contributed by atoms with Crippen LogP contribution < -0.4 is 15.1 Å². The number of rotatable bonds is 7. The van der Waals surface area contributed by atoms with Gasteiger partial charge in [0.2, 0.25) is 0 Å². The highest BCUT2D eigenvalue weighted by Gasteiger charge is 2.22. The fourth-order valence-electron chi connectivity index (χ4n) is 3.68. The van der Waals surface area contributed by atoms with Gasteiger partial charge < -0.3 is 19.9 Å². The van der Waals surface area contributed by atoms with E-state index in [2.05, 4.69) is 31.0 Å². The number of amides is 1. The van der Waals surface area contributed by atoms with Gasteiger partial charge in [0.05, 0.1) is 29.4 Å². The first-order valence-electron chi connectivity index (χ1n) is 10.2. The monoisotopic (exact) mass is 412 g/mol. The van der Waals surface area contributed by atoms with Crippen molar-refractivity contribution >= 4 is 28.7 Å². The third-order valence-electron chi connectivity index (χ3n) is 5.21. The van der Waals surface area contributed by atoms with E-state index in [0.717, 1.165) is 12.2 Å². The van der Waals surface area contributed by atoms with Gasteiger partial charge >= 0.3 is 0 Å². The van der Waals surface area contributed by atoms with Crippen molar-refractivity contribution in [1.29, 1.82) is 0 Å². The van der Waals surface area contributed by atoms with E-state index in [1.165, 1.54) is 12.1 Å². The highest BCUT2D eigenvalue weighted by atomic mass is 16.6. The predicted octanol–water partition coefficient (Wildman–Crippen LogP) is 3.92. The number of non-ortho nitro benzene ring substituents is 1. The third-order valence-corrected chi connectivity index (χ3v) is 5.21. The van der Waals surface area contributed by atoms with Crippen molar-refractivity contribution in [1.82, 2.24) is 0 Å². The molecule has 1 saturated heterocycles. The highest BCUT2D eigenvalue weighted by molar-refractivity contribution is 6.08. The standard InChI is InChI=1S/C22H28N4O4/c1-4-25(16(2)3)18-7-5-17(6-8-18)23-22(27)20-15-19(26(28)29)9-10-21(20)24-11-13-30-14-12-24/h5-10,15-16H,4,11-14H2,1-3H3,(H,23,27). The molecule has 3 rings (SSSR count). The second kappa shape index (κ2) is 9.58. The molecule has 0 unspecified atom stereocenters. The van der Waals surface area contributed by atoms with Crippen molar-refractivity contribution in [2.24, 2.45) is 0 Å². The second-order valence-corrected chi connectivity index (χ2v) is 7.44. The number of nitro benzene ring substituents is 1. The summed E-state index contributed by atoms with van der Waals surface area (Å²) in [5.41, 5.74) is 2.57. The van der Waals surface area contributed by atoms with Crippen LogP contribution in [0.1, 0.15) is 31.1 Å². The number of ether oxygens (including phenoxy) is 1. The SMILES string of the molecule is CCN(c1ccc(NC(=O)c2cc([N+](=O)[O-])ccc2N2CCOCC2)cc1)C(C)C. The van der Waals surface area contributed by atoms with Gasteiger partial charge in [-0.2, -0.15) is 0 Å². The number of morpholine rings is 1. The van der Waals surface area contributed by atoms with E-state index in [4.69, 9.17) is 4.74 Å². The number of nitrogens with one attached hydrogen (secondary N) is 1. The van der Waals surface area contributed by atoms with Crippen molar-refractivity contribution in [3.63, 3.8) is 0 Å². The number of carbonyl (C=O) groups is 1. The summed E-state index contributed by atoms with van der Waals surface area (Å²) >= 11 is 0. The molecule has 160 valence electrons. The molecule has 1 aliphatic heterocycles. The number of benzene rings is 2. The molecule has 8 heteroatoms. The lowest BCUT2D eigenvalue weighted by Gasteiger charge is -2.30. The molecule has 0 radical (unpaired) electrons. The van der Waals surface area contributed by atoms with E-state index in [-0.39, 0.29) is 17.2 Å². The van der Waals surface area contributed by atoms with Crippen LogP contribution in [0, 0.1) is 10.1 Å². The summed E-state index contributed by atoms with van der Waals surface area (Å²) < 4.78 is 5.38. The Balaban J connectivity index is 1.84. The minimum absolute atomic E-state index is 0.108. The van der Waals surface area contributed by atoms with E-state index in [1.54, 1.807) is 6.07 Å². The number of hydrogen-bond acceptors (Lipinski definition) is 6. The third kappa shape index (κ3) is 4.88. The molecule has 8 nitrogen and oxygen atoms in total. The average Bonchev–Trinajstić information content (AvgIpc) is 2.75. The Bertz CT molecular complexity index is 893. The lowest BCUT2D eigenvalue weighted by atomic mass is 10.1. The van der Waals surface area contributed by atoms with Crippen LogP contribution in [-0.4, -0.2) is 49.7 Å². The van der Waals surface area contributed by atoms with E-state index in [0.29, 0.717) is 43.7 Å². The van der Waals surface area contributed by atoms with Crippen LogP contribution in [0.2, 0.25) is 0 Å². The molecule has 2 aromatic carbocycles. The molecule has 1 aliphatic rings. The topological polar surface area (TPSA) is 88.0 Å². The molecule has 0 saturated carbocycles. The van der Waals surface area contributed by atoms with E-state index in [1.807, 2.05) is 29.2 Å². The van der Waals surface area contributed by atoms with Crippen LogP contribution in [0.4, 0.5) is 22.7 Å². The van der Waals surface area contributed by atoms with Gasteiger partial charge in [0.1, 0.15) is 0 Å². The summed E-state index contributed by atoms with van der Waals surface area (Å²) in [5, 5.41) is 14.1. The molecule has 0 atom stereocenters. The van der Waals surface area contributed by atoms with Crippen molar-refractivity contribution in [2.45, 2.75) is 26.8 Å². The molecule has 0 spiro atoms. The molecule has 1 N–H and O–H groups in total. The highest BCUT2D eigenvalue weighted by Crippen LogP contribution is 2.28. The number of carbonyl (C=O) groups excluding carboxylic acids is 1. The second-order valence-electron chi connectivity index (χ2n) is 7.44. The molecule has 1 fully saturated rings. The van der Waals surface area contributed by atoms with Gasteiger partial charge in [-0.1, -0.05) is 0 Å². The molecule has 0 bridgehead atoms. The summed E-state index contributed by atoms with van der Waals surface area (Å²) in [6.45, 7) is 9.64. The fraction of sp³-hybridized carbons (Fsp3) is 0.409. The quantitative estimate of drug-likeness (QED) is 0.548. The number of anilines is 3. The Morgan fingerprint density at radius 3 is 2.43 bits per heavy atom. The lowest BCUT2D eigenvalue weighted by Crippen LogP contribution is -2.37. The van der Waals surface area contributed by atoms with Crippen molar-refractivity contribution < 1.29 is 14.5 Å². The van der Waals surface area contributed by atoms with Crippen LogP contribution in [0.25, 0.3) is 0 Å². The summed E-state index contributed by atoms with van der Waals surface area (Å²) in [5.74, 6) is -0.371. The number of hydrogen-bond donors (Lipinski definition) is 1. The fourth-order valence-corrected chi connectivity index (χ4v) is 3.68. The van der Waals surface area contributed by atoms with Gasteiger partial charge in [-0.3, -0.25) is 14.9 Å². The Morgan fingerprint density at radius 1 is 1.20 bits per heavy atom. The summed E-state index contributed by atoms with van der Waals surface area (Å²) in [4.78, 5) is 28.1. The first-order chi connectivity index (χ1) is 14.4. The Kier molecular flexibility index (Phi) is 6.89. The van der Waals surface area contributed by atoms with Gasteiger partial charge in [-0.05, 0) is 51.1 Å². The molecular weight excluding hydrogens is 384 g/mol. The molecule has 1 heterocycles. The molecular formula is C22H28N4O4. The summed E-state index contributed by atoms with van der Waals surface area (Å²) in [6, 6.07) is 12.4. The van der Waals surface area contributed by atoms with Crippen molar-refractivity contribution in [3.8, 4) is 0 Å². The summed E-state index contributed by atoms with van der Waals surface area (Å²) in [6.07, 6.45) is 0. The molecule has 0 aliphatic carbocycles. The van der Waals surface area contributed by atoms with Crippen molar-refractivity contribution in [3.05, 3.63) is 58.1 Å². The van der Waals surface area contributed by atoms with Crippen LogP contribution in [0.3, 0.4) is 0 Å². The van der Waals surface area contributed by atoms with Crippen molar-refractivity contribution in [2.75, 3.05) is 48.0 Å². The van der Waals surface area contributed by atoms with E-state index >= 15 is 0 Å². The minimum Gasteiger partial charge on any atom is -0.378 e. The Hall–Kier alpha value is -3.13.